The van der Waals surface area contributed by atoms with Crippen molar-refractivity contribution in [1.29, 1.82) is 0 Å². The second kappa shape index (κ2) is 5.54. The van der Waals surface area contributed by atoms with Gasteiger partial charge in [-0.05, 0) is 30.0 Å². The molecule has 1 aliphatic heterocycles. The monoisotopic (exact) mass is 284 g/mol. The minimum atomic E-state index is 0.368. The summed E-state index contributed by atoms with van der Waals surface area (Å²) in [5.41, 5.74) is 9.34. The molecule has 0 aliphatic carbocycles. The van der Waals surface area contributed by atoms with Crippen molar-refractivity contribution in [2.45, 2.75) is 19.4 Å². The largest absolute Gasteiger partial charge is 0.389 e. The maximum atomic E-state index is 5.79. The van der Waals surface area contributed by atoms with Gasteiger partial charge in [-0.3, -0.25) is 0 Å². The number of hydrogen-bond donors (Lipinski definition) is 1. The molecule has 0 saturated carbocycles. The van der Waals surface area contributed by atoms with E-state index in [1.807, 2.05) is 6.07 Å². The molecule has 4 nitrogen and oxygen atoms in total. The summed E-state index contributed by atoms with van der Waals surface area (Å²) in [5.74, 6) is 0.789. The van der Waals surface area contributed by atoms with Crippen molar-refractivity contribution < 1.29 is 0 Å². The van der Waals surface area contributed by atoms with Crippen LogP contribution in [0.15, 0.2) is 36.5 Å². The van der Waals surface area contributed by atoms with Crippen LogP contribution in [0.4, 0.5) is 5.82 Å². The molecule has 0 fully saturated rings. The molecule has 1 aromatic carbocycles. The molecule has 0 radical (unpaired) electrons. The molecule has 1 aromatic heterocycles. The summed E-state index contributed by atoms with van der Waals surface area (Å²) in [6.45, 7) is 1.76. The first-order valence-corrected chi connectivity index (χ1v) is 7.10. The van der Waals surface area contributed by atoms with E-state index >= 15 is 0 Å². The van der Waals surface area contributed by atoms with Crippen LogP contribution in [-0.2, 0) is 13.0 Å². The minimum Gasteiger partial charge on any atom is -0.389 e. The first-order valence-electron chi connectivity index (χ1n) is 6.69. The molecule has 0 unspecified atom stereocenters. The van der Waals surface area contributed by atoms with Gasteiger partial charge >= 0.3 is 0 Å². The normalized spacial score (nSPS) is 14.5. The average Bonchev–Trinajstić information content (AvgIpc) is 2.69. The lowest BCUT2D eigenvalue weighted by Gasteiger charge is -2.23. The van der Waals surface area contributed by atoms with Crippen LogP contribution >= 0.6 is 12.2 Å². The van der Waals surface area contributed by atoms with Gasteiger partial charge < -0.3 is 10.6 Å². The number of aryl methyl sites for hydroxylation is 1. The Hall–Kier alpha value is -2.01. The van der Waals surface area contributed by atoms with Crippen molar-refractivity contribution in [3.05, 3.63) is 53.2 Å². The molecule has 0 bridgehead atoms. The Balaban J connectivity index is 1.98. The minimum absolute atomic E-state index is 0.368. The van der Waals surface area contributed by atoms with Crippen molar-refractivity contribution in [2.75, 3.05) is 11.4 Å². The van der Waals surface area contributed by atoms with Crippen LogP contribution < -0.4 is 10.6 Å². The number of fused-ring (bicyclic) bond motifs is 1. The molecule has 2 N–H and O–H groups in total. The van der Waals surface area contributed by atoms with Gasteiger partial charge in [0.15, 0.2) is 5.82 Å². The molecule has 0 atom stereocenters. The zero-order chi connectivity index (χ0) is 13.9. The van der Waals surface area contributed by atoms with Crippen LogP contribution in [0.25, 0.3) is 0 Å². The molecule has 102 valence electrons. The number of nitrogens with two attached hydrogens (primary N) is 1. The standard InChI is InChI=1S/C15H16N4S/c16-14(20)13-7-8-17-18-15(13)19-9-3-6-11-4-1-2-5-12(11)10-19/h1-2,4-5,7-8H,3,6,9-10H2,(H2,16,20). The number of hydrogen-bond acceptors (Lipinski definition) is 4. The van der Waals surface area contributed by atoms with E-state index in [2.05, 4.69) is 39.4 Å². The van der Waals surface area contributed by atoms with Crippen molar-refractivity contribution in [3.63, 3.8) is 0 Å². The average molecular weight is 284 g/mol. The second-order valence-electron chi connectivity index (χ2n) is 4.93. The van der Waals surface area contributed by atoms with Crippen molar-refractivity contribution in [1.82, 2.24) is 10.2 Å². The van der Waals surface area contributed by atoms with Gasteiger partial charge in [0.05, 0.1) is 11.8 Å². The number of nitrogens with zero attached hydrogens (tertiary/aromatic N) is 3. The third-order valence-electron chi connectivity index (χ3n) is 3.62. The summed E-state index contributed by atoms with van der Waals surface area (Å²) in [5, 5.41) is 8.23. The van der Waals surface area contributed by atoms with Crippen molar-refractivity contribution in [2.24, 2.45) is 5.73 Å². The summed E-state index contributed by atoms with van der Waals surface area (Å²) in [7, 11) is 0. The van der Waals surface area contributed by atoms with E-state index in [4.69, 9.17) is 18.0 Å². The highest BCUT2D eigenvalue weighted by Gasteiger charge is 2.19. The van der Waals surface area contributed by atoms with Crippen LogP contribution in [0.2, 0.25) is 0 Å². The predicted molar refractivity (Wildman–Crippen MR) is 83.7 cm³/mol. The summed E-state index contributed by atoms with van der Waals surface area (Å²) >= 11 is 5.11. The summed E-state index contributed by atoms with van der Waals surface area (Å²) < 4.78 is 0. The molecular formula is C15H16N4S. The van der Waals surface area contributed by atoms with E-state index < -0.39 is 0 Å². The van der Waals surface area contributed by atoms with E-state index in [-0.39, 0.29) is 0 Å². The Bertz CT molecular complexity index is 641. The van der Waals surface area contributed by atoms with Crippen molar-refractivity contribution >= 4 is 23.0 Å². The highest BCUT2D eigenvalue weighted by atomic mass is 32.1. The van der Waals surface area contributed by atoms with E-state index in [0.717, 1.165) is 37.3 Å². The van der Waals surface area contributed by atoms with Crippen LogP contribution in [0.5, 0.6) is 0 Å². The lowest BCUT2D eigenvalue weighted by Crippen LogP contribution is -2.27. The third-order valence-corrected chi connectivity index (χ3v) is 3.84. The molecule has 0 spiro atoms. The van der Waals surface area contributed by atoms with Gasteiger partial charge in [-0.2, -0.15) is 5.10 Å². The molecule has 5 heteroatoms. The zero-order valence-corrected chi connectivity index (χ0v) is 11.9. The number of rotatable bonds is 2. The number of anilines is 1. The number of benzene rings is 1. The molecule has 2 aromatic rings. The zero-order valence-electron chi connectivity index (χ0n) is 11.1. The predicted octanol–water partition coefficient (Wildman–Crippen LogP) is 2.06. The maximum Gasteiger partial charge on any atom is 0.161 e. The highest BCUT2D eigenvalue weighted by Crippen LogP contribution is 2.24. The molecule has 3 rings (SSSR count). The topological polar surface area (TPSA) is 55.0 Å². The quantitative estimate of drug-likeness (QED) is 0.856. The fourth-order valence-corrected chi connectivity index (χ4v) is 2.79. The maximum absolute atomic E-state index is 5.79. The second-order valence-corrected chi connectivity index (χ2v) is 5.37. The molecule has 1 aliphatic rings. The molecule has 2 heterocycles. The summed E-state index contributed by atoms with van der Waals surface area (Å²) in [4.78, 5) is 2.58. The fourth-order valence-electron chi connectivity index (χ4n) is 2.63. The van der Waals surface area contributed by atoms with E-state index in [1.165, 1.54) is 11.1 Å². The first-order chi connectivity index (χ1) is 9.75. The molecule has 20 heavy (non-hydrogen) atoms. The lowest BCUT2D eigenvalue weighted by atomic mass is 10.0. The molecular weight excluding hydrogens is 268 g/mol. The van der Waals surface area contributed by atoms with Gasteiger partial charge in [-0.15, -0.1) is 5.10 Å². The first kappa shape index (κ1) is 13.0. The van der Waals surface area contributed by atoms with Gasteiger partial charge in [0.1, 0.15) is 4.99 Å². The fraction of sp³-hybridized carbons (Fsp3) is 0.267. The Morgan fingerprint density at radius 1 is 1.20 bits per heavy atom. The van der Waals surface area contributed by atoms with E-state index in [0.29, 0.717) is 4.99 Å². The highest BCUT2D eigenvalue weighted by molar-refractivity contribution is 7.80. The number of aromatic nitrogens is 2. The van der Waals surface area contributed by atoms with Crippen LogP contribution in [0.1, 0.15) is 23.1 Å². The summed E-state index contributed by atoms with van der Waals surface area (Å²) in [6, 6.07) is 10.4. The smallest absolute Gasteiger partial charge is 0.161 e. The van der Waals surface area contributed by atoms with Crippen molar-refractivity contribution in [3.8, 4) is 0 Å². The Kier molecular flexibility index (Phi) is 3.60. The summed E-state index contributed by atoms with van der Waals surface area (Å²) in [6.07, 6.45) is 3.81. The van der Waals surface area contributed by atoms with E-state index in [9.17, 15) is 0 Å². The molecule has 0 amide bonds. The van der Waals surface area contributed by atoms with Crippen LogP contribution in [0, 0.1) is 0 Å². The van der Waals surface area contributed by atoms with Gasteiger partial charge in [-0.25, -0.2) is 0 Å². The Morgan fingerprint density at radius 3 is 2.80 bits per heavy atom. The third kappa shape index (κ3) is 2.49. The SMILES string of the molecule is NC(=S)c1ccnnc1N1CCCc2ccccc2C1. The number of thiocarbonyl (C=S) groups is 1. The Labute approximate surface area is 123 Å². The van der Waals surface area contributed by atoms with Gasteiger partial charge in [0.25, 0.3) is 0 Å². The molecule has 0 saturated heterocycles. The van der Waals surface area contributed by atoms with E-state index in [1.54, 1.807) is 6.20 Å². The van der Waals surface area contributed by atoms with Crippen LogP contribution in [-0.4, -0.2) is 21.7 Å². The lowest BCUT2D eigenvalue weighted by molar-refractivity contribution is 0.744. The van der Waals surface area contributed by atoms with Crippen LogP contribution in [0.3, 0.4) is 0 Å². The van der Waals surface area contributed by atoms with Gasteiger partial charge in [-0.1, -0.05) is 36.5 Å². The van der Waals surface area contributed by atoms with Gasteiger partial charge in [0, 0.05) is 13.1 Å². The Morgan fingerprint density at radius 2 is 2.00 bits per heavy atom. The van der Waals surface area contributed by atoms with Gasteiger partial charge in [0.2, 0.25) is 0 Å².